The number of hydrogen-bond acceptors (Lipinski definition) is 4. The molecule has 6 nitrogen and oxygen atoms in total. The number of hydrogen-bond donors (Lipinski definition) is 3. The number of aliphatic hydroxyl groups excluding tert-OH is 1. The number of furan rings is 1. The van der Waals surface area contributed by atoms with Gasteiger partial charge in [-0.1, -0.05) is 12.1 Å². The zero-order valence-electron chi connectivity index (χ0n) is 13.7. The summed E-state index contributed by atoms with van der Waals surface area (Å²) in [6.07, 6.45) is 1.08. The molecule has 6 heteroatoms. The highest BCUT2D eigenvalue weighted by Crippen LogP contribution is 2.18. The van der Waals surface area contributed by atoms with E-state index in [2.05, 4.69) is 16.7 Å². The summed E-state index contributed by atoms with van der Waals surface area (Å²) in [7, 11) is 0. The molecule has 0 fully saturated rings. The summed E-state index contributed by atoms with van der Waals surface area (Å²) in [6, 6.07) is 11.8. The Morgan fingerprint density at radius 2 is 2.08 bits per heavy atom. The van der Waals surface area contributed by atoms with Crippen molar-refractivity contribution in [3.8, 4) is 6.07 Å². The second kappa shape index (κ2) is 8.18. The molecule has 0 aliphatic carbocycles. The number of nitrogens with one attached hydrogen (secondary N) is 2. The van der Waals surface area contributed by atoms with E-state index in [9.17, 15) is 9.90 Å². The maximum Gasteiger partial charge on any atom is 0.315 e. The zero-order valence-corrected chi connectivity index (χ0v) is 13.7. The van der Waals surface area contributed by atoms with Crippen LogP contribution in [0.3, 0.4) is 0 Å². The van der Waals surface area contributed by atoms with Crippen molar-refractivity contribution in [3.63, 3.8) is 0 Å². The molecule has 2 aromatic rings. The van der Waals surface area contributed by atoms with Crippen LogP contribution >= 0.6 is 0 Å². The molecule has 1 heterocycles. The fourth-order valence-corrected chi connectivity index (χ4v) is 2.41. The van der Waals surface area contributed by atoms with E-state index < -0.39 is 6.10 Å². The Bertz CT molecular complexity index is 707. The van der Waals surface area contributed by atoms with Gasteiger partial charge in [-0.3, -0.25) is 0 Å². The quantitative estimate of drug-likeness (QED) is 0.759. The van der Waals surface area contributed by atoms with Gasteiger partial charge in [-0.25, -0.2) is 4.79 Å². The van der Waals surface area contributed by atoms with Gasteiger partial charge >= 0.3 is 6.03 Å². The smallest absolute Gasteiger partial charge is 0.315 e. The van der Waals surface area contributed by atoms with Crippen molar-refractivity contribution in [1.29, 1.82) is 5.26 Å². The normalized spacial score (nSPS) is 14.2. The highest BCUT2D eigenvalue weighted by molar-refractivity contribution is 5.74. The van der Waals surface area contributed by atoms with Crippen molar-refractivity contribution < 1.29 is 14.3 Å². The number of urea groups is 1. The van der Waals surface area contributed by atoms with E-state index in [4.69, 9.17) is 9.68 Å². The van der Waals surface area contributed by atoms with E-state index in [1.807, 2.05) is 19.9 Å². The van der Waals surface area contributed by atoms with Gasteiger partial charge in [-0.05, 0) is 43.7 Å². The molecule has 3 atom stereocenters. The summed E-state index contributed by atoms with van der Waals surface area (Å²) in [6.45, 7) is 3.66. The Labute approximate surface area is 141 Å². The Hall–Kier alpha value is -2.78. The molecule has 0 radical (unpaired) electrons. The third-order valence-corrected chi connectivity index (χ3v) is 3.69. The first kappa shape index (κ1) is 17.6. The molecule has 2 rings (SSSR count). The lowest BCUT2D eigenvalue weighted by Gasteiger charge is -2.20. The molecule has 0 saturated carbocycles. The number of nitrogens with zero attached hydrogens (tertiary/aromatic N) is 1. The molecule has 0 saturated heterocycles. The van der Waals surface area contributed by atoms with E-state index >= 15 is 0 Å². The summed E-state index contributed by atoms with van der Waals surface area (Å²) >= 11 is 0. The first-order chi connectivity index (χ1) is 11.5. The maximum atomic E-state index is 12.1. The van der Waals surface area contributed by atoms with Crippen LogP contribution in [0.2, 0.25) is 0 Å². The molecule has 3 unspecified atom stereocenters. The number of benzene rings is 1. The van der Waals surface area contributed by atoms with Gasteiger partial charge in [-0.2, -0.15) is 5.26 Å². The number of nitriles is 1. The molecule has 0 aliphatic rings. The van der Waals surface area contributed by atoms with Gasteiger partial charge in [0.15, 0.2) is 0 Å². The lowest BCUT2D eigenvalue weighted by Crippen LogP contribution is -2.42. The van der Waals surface area contributed by atoms with Crippen LogP contribution in [0.15, 0.2) is 47.1 Å². The molecular weight excluding hydrogens is 306 g/mol. The van der Waals surface area contributed by atoms with E-state index in [-0.39, 0.29) is 18.1 Å². The highest BCUT2D eigenvalue weighted by atomic mass is 16.4. The average Bonchev–Trinajstić information content (AvgIpc) is 3.09. The largest absolute Gasteiger partial charge is 0.467 e. The summed E-state index contributed by atoms with van der Waals surface area (Å²) < 4.78 is 5.14. The summed E-state index contributed by atoms with van der Waals surface area (Å²) in [5.74, 6) is 0.478. The Balaban J connectivity index is 1.84. The van der Waals surface area contributed by atoms with Gasteiger partial charge in [0.05, 0.1) is 23.9 Å². The van der Waals surface area contributed by atoms with Crippen LogP contribution in [-0.2, 0) is 0 Å². The molecule has 24 heavy (non-hydrogen) atoms. The van der Waals surface area contributed by atoms with Crippen molar-refractivity contribution in [1.82, 2.24) is 10.6 Å². The Morgan fingerprint density at radius 3 is 2.75 bits per heavy atom. The van der Waals surface area contributed by atoms with Crippen LogP contribution in [0, 0.1) is 11.3 Å². The van der Waals surface area contributed by atoms with Crippen molar-refractivity contribution in [2.75, 3.05) is 0 Å². The van der Waals surface area contributed by atoms with Crippen LogP contribution in [0.25, 0.3) is 0 Å². The van der Waals surface area contributed by atoms with Gasteiger partial charge in [0.25, 0.3) is 0 Å². The lowest BCUT2D eigenvalue weighted by atomic mass is 10.1. The van der Waals surface area contributed by atoms with Crippen LogP contribution in [0.1, 0.15) is 49.3 Å². The number of rotatable bonds is 6. The second-order valence-electron chi connectivity index (χ2n) is 5.74. The molecule has 1 aromatic carbocycles. The molecular formula is C18H21N3O3. The summed E-state index contributed by atoms with van der Waals surface area (Å²) in [5.41, 5.74) is 1.41. The highest BCUT2D eigenvalue weighted by Gasteiger charge is 2.17. The van der Waals surface area contributed by atoms with Crippen LogP contribution in [-0.4, -0.2) is 17.2 Å². The number of amides is 2. The van der Waals surface area contributed by atoms with Gasteiger partial charge < -0.3 is 20.2 Å². The monoisotopic (exact) mass is 327 g/mol. The SMILES string of the molecule is CC(CC(O)c1ccco1)NC(=O)NC(C)c1cccc(C#N)c1. The van der Waals surface area contributed by atoms with Gasteiger partial charge in [0.1, 0.15) is 11.9 Å². The van der Waals surface area contributed by atoms with Crippen LogP contribution in [0.5, 0.6) is 0 Å². The van der Waals surface area contributed by atoms with Crippen molar-refractivity contribution in [2.24, 2.45) is 0 Å². The predicted molar refractivity (Wildman–Crippen MR) is 89.0 cm³/mol. The fourth-order valence-electron chi connectivity index (χ4n) is 2.41. The Kier molecular flexibility index (Phi) is 5.99. The van der Waals surface area contributed by atoms with E-state index in [1.165, 1.54) is 6.26 Å². The molecule has 126 valence electrons. The minimum absolute atomic E-state index is 0.234. The topological polar surface area (TPSA) is 98.3 Å². The van der Waals surface area contributed by atoms with Crippen molar-refractivity contribution in [2.45, 2.75) is 38.5 Å². The minimum atomic E-state index is -0.764. The molecule has 0 spiro atoms. The third-order valence-electron chi connectivity index (χ3n) is 3.69. The summed E-state index contributed by atoms with van der Waals surface area (Å²) in [4.78, 5) is 12.1. The van der Waals surface area contributed by atoms with Crippen molar-refractivity contribution >= 4 is 6.03 Å². The van der Waals surface area contributed by atoms with Crippen molar-refractivity contribution in [3.05, 3.63) is 59.5 Å². The van der Waals surface area contributed by atoms with Gasteiger partial charge in [0.2, 0.25) is 0 Å². The average molecular weight is 327 g/mol. The van der Waals surface area contributed by atoms with E-state index in [1.54, 1.807) is 30.3 Å². The molecule has 1 aromatic heterocycles. The standard InChI is InChI=1S/C18H21N3O3/c1-12(9-16(22)17-7-4-8-24-17)20-18(23)21-13(2)15-6-3-5-14(10-15)11-19/h3-8,10,12-13,16,22H,9H2,1-2H3,(H2,20,21,23). The number of carbonyl (C=O) groups is 1. The first-order valence-corrected chi connectivity index (χ1v) is 7.78. The maximum absolute atomic E-state index is 12.1. The zero-order chi connectivity index (χ0) is 17.5. The molecule has 2 amide bonds. The molecule has 0 bridgehead atoms. The van der Waals surface area contributed by atoms with Crippen LogP contribution < -0.4 is 10.6 Å². The van der Waals surface area contributed by atoms with Gasteiger partial charge in [0, 0.05) is 12.5 Å². The lowest BCUT2D eigenvalue weighted by molar-refractivity contribution is 0.129. The summed E-state index contributed by atoms with van der Waals surface area (Å²) in [5, 5.41) is 24.5. The molecule has 0 aliphatic heterocycles. The minimum Gasteiger partial charge on any atom is -0.467 e. The Morgan fingerprint density at radius 1 is 1.29 bits per heavy atom. The van der Waals surface area contributed by atoms with E-state index in [0.29, 0.717) is 17.7 Å². The van der Waals surface area contributed by atoms with Crippen LogP contribution in [0.4, 0.5) is 4.79 Å². The second-order valence-corrected chi connectivity index (χ2v) is 5.74. The number of aliphatic hydroxyl groups is 1. The molecule has 3 N–H and O–H groups in total. The van der Waals surface area contributed by atoms with Gasteiger partial charge in [-0.15, -0.1) is 0 Å². The predicted octanol–water partition coefficient (Wildman–Crippen LogP) is 3.02. The first-order valence-electron chi connectivity index (χ1n) is 7.78. The third kappa shape index (κ3) is 4.86. The fraction of sp³-hybridized carbons (Fsp3) is 0.333. The number of carbonyl (C=O) groups excluding carboxylic acids is 1. The van der Waals surface area contributed by atoms with E-state index in [0.717, 1.165) is 5.56 Å².